The number of methoxy groups -OCH3 is 1. The molecule has 1 atom stereocenters. The number of aromatic hydroxyl groups is 1. The average Bonchev–Trinajstić information content (AvgIpc) is 2.66. The van der Waals surface area contributed by atoms with E-state index >= 15 is 0 Å². The molecule has 0 radical (unpaired) electrons. The van der Waals surface area contributed by atoms with Crippen LogP contribution in [0.4, 0.5) is 0 Å². The molecule has 1 amide bonds. The van der Waals surface area contributed by atoms with Crippen LogP contribution in [-0.4, -0.2) is 50.2 Å². The Balaban J connectivity index is 2.26. The Kier molecular flexibility index (Phi) is 7.63. The third-order valence-electron chi connectivity index (χ3n) is 4.40. The quantitative estimate of drug-likeness (QED) is 0.640. The fourth-order valence-corrected chi connectivity index (χ4v) is 2.94. The van der Waals surface area contributed by atoms with Crippen molar-refractivity contribution in [3.8, 4) is 11.5 Å². The van der Waals surface area contributed by atoms with E-state index in [1.54, 1.807) is 38.3 Å². The molecule has 28 heavy (non-hydrogen) atoms. The summed E-state index contributed by atoms with van der Waals surface area (Å²) in [6.07, 6.45) is 0.880. The number of rotatable bonds is 9. The average molecular weight is 388 g/mol. The number of amides is 1. The van der Waals surface area contributed by atoms with Gasteiger partial charge in [0.05, 0.1) is 13.0 Å². The van der Waals surface area contributed by atoms with Gasteiger partial charge in [-0.05, 0) is 51.7 Å². The lowest BCUT2D eigenvalue weighted by Gasteiger charge is -2.18. The summed E-state index contributed by atoms with van der Waals surface area (Å²) in [6.45, 7) is 3.06. The van der Waals surface area contributed by atoms with Crippen LogP contribution in [0, 0.1) is 6.92 Å². The number of carbonyl (C=O) groups is 1. The predicted molar refractivity (Wildman–Crippen MR) is 107 cm³/mol. The molecule has 2 aromatic rings. The van der Waals surface area contributed by atoms with Gasteiger partial charge in [-0.1, -0.05) is 12.1 Å². The zero-order chi connectivity index (χ0) is 20.7. The lowest BCUT2D eigenvalue weighted by atomic mass is 9.91. The molecule has 1 heterocycles. The standard InChI is InChI=1S/C21H28N2O5/c1-14-12-18(24)20(26)21(28-14)17(15-6-8-16(27-4)9-7-15)13-19(25)22-10-5-11-23(2)3/h6-9,12,17,26H,5,10-11,13H2,1-4H3,(H,22,25). The van der Waals surface area contributed by atoms with Crippen molar-refractivity contribution in [2.45, 2.75) is 25.7 Å². The monoisotopic (exact) mass is 388 g/mol. The molecule has 0 saturated heterocycles. The Labute approximate surface area is 164 Å². The van der Waals surface area contributed by atoms with Gasteiger partial charge in [-0.25, -0.2) is 0 Å². The molecule has 1 aromatic carbocycles. The van der Waals surface area contributed by atoms with Gasteiger partial charge in [-0.3, -0.25) is 9.59 Å². The number of carbonyl (C=O) groups excluding carboxylic acids is 1. The van der Waals surface area contributed by atoms with E-state index in [4.69, 9.17) is 9.15 Å². The van der Waals surface area contributed by atoms with Crippen LogP contribution in [0.2, 0.25) is 0 Å². The van der Waals surface area contributed by atoms with Crippen LogP contribution in [0.3, 0.4) is 0 Å². The number of nitrogens with zero attached hydrogens (tertiary/aromatic N) is 1. The van der Waals surface area contributed by atoms with Crippen molar-refractivity contribution in [2.75, 3.05) is 34.3 Å². The molecule has 2 rings (SSSR count). The third kappa shape index (κ3) is 5.85. The molecule has 0 aliphatic carbocycles. The Morgan fingerprint density at radius 1 is 1.29 bits per heavy atom. The minimum absolute atomic E-state index is 0.0498. The summed E-state index contributed by atoms with van der Waals surface area (Å²) in [7, 11) is 5.52. The summed E-state index contributed by atoms with van der Waals surface area (Å²) in [5.41, 5.74) is 0.219. The SMILES string of the molecule is COc1ccc(C(CC(=O)NCCCN(C)C)c2oc(C)cc(=O)c2O)cc1. The lowest BCUT2D eigenvalue weighted by molar-refractivity contribution is -0.121. The van der Waals surface area contributed by atoms with Crippen LogP contribution in [0.1, 0.15) is 35.8 Å². The number of hydrogen-bond acceptors (Lipinski definition) is 6. The summed E-state index contributed by atoms with van der Waals surface area (Å²) in [6, 6.07) is 8.35. The van der Waals surface area contributed by atoms with E-state index in [9.17, 15) is 14.7 Å². The Morgan fingerprint density at radius 3 is 2.57 bits per heavy atom. The molecule has 0 fully saturated rings. The normalized spacial score (nSPS) is 12.0. The van der Waals surface area contributed by atoms with Crippen LogP contribution in [-0.2, 0) is 4.79 Å². The van der Waals surface area contributed by atoms with Crippen molar-refractivity contribution < 1.29 is 19.1 Å². The molecule has 1 aromatic heterocycles. The van der Waals surface area contributed by atoms with E-state index in [1.807, 2.05) is 19.0 Å². The Bertz CT molecular complexity index is 843. The first-order valence-electron chi connectivity index (χ1n) is 9.20. The van der Waals surface area contributed by atoms with Crippen molar-refractivity contribution in [1.82, 2.24) is 10.2 Å². The van der Waals surface area contributed by atoms with Crippen molar-refractivity contribution in [3.63, 3.8) is 0 Å². The smallest absolute Gasteiger partial charge is 0.227 e. The fraction of sp³-hybridized carbons (Fsp3) is 0.429. The summed E-state index contributed by atoms with van der Waals surface area (Å²) in [5.74, 6) is -0.0887. The van der Waals surface area contributed by atoms with Crippen LogP contribution < -0.4 is 15.5 Å². The molecule has 152 valence electrons. The minimum Gasteiger partial charge on any atom is -0.502 e. The zero-order valence-electron chi connectivity index (χ0n) is 16.8. The maximum Gasteiger partial charge on any atom is 0.227 e. The van der Waals surface area contributed by atoms with Crippen molar-refractivity contribution in [2.24, 2.45) is 0 Å². The molecule has 0 spiro atoms. The number of benzene rings is 1. The first-order chi connectivity index (χ1) is 13.3. The fourth-order valence-electron chi connectivity index (χ4n) is 2.94. The van der Waals surface area contributed by atoms with Gasteiger partial charge in [0.25, 0.3) is 0 Å². The van der Waals surface area contributed by atoms with Crippen molar-refractivity contribution in [1.29, 1.82) is 0 Å². The van der Waals surface area contributed by atoms with Crippen molar-refractivity contribution in [3.05, 3.63) is 57.6 Å². The highest BCUT2D eigenvalue weighted by molar-refractivity contribution is 5.77. The molecule has 1 unspecified atom stereocenters. The van der Waals surface area contributed by atoms with Crippen LogP contribution in [0.15, 0.2) is 39.5 Å². The molecule has 7 heteroatoms. The summed E-state index contributed by atoms with van der Waals surface area (Å²) in [5, 5.41) is 13.2. The van der Waals surface area contributed by atoms with Crippen LogP contribution in [0.5, 0.6) is 11.5 Å². The Hall–Kier alpha value is -2.80. The number of aryl methyl sites for hydroxylation is 1. The first-order valence-corrected chi connectivity index (χ1v) is 9.20. The highest BCUT2D eigenvalue weighted by Gasteiger charge is 2.25. The summed E-state index contributed by atoms with van der Waals surface area (Å²) < 4.78 is 10.8. The maximum atomic E-state index is 12.5. The van der Waals surface area contributed by atoms with E-state index in [2.05, 4.69) is 5.32 Å². The molecule has 0 aliphatic heterocycles. The second-order valence-corrected chi connectivity index (χ2v) is 6.97. The first kappa shape index (κ1) is 21.5. The van der Waals surface area contributed by atoms with E-state index in [0.29, 0.717) is 18.1 Å². The second kappa shape index (κ2) is 9.94. The predicted octanol–water partition coefficient (Wildman–Crippen LogP) is 2.25. The molecule has 0 aliphatic rings. The molecular formula is C21H28N2O5. The number of nitrogens with one attached hydrogen (secondary N) is 1. The second-order valence-electron chi connectivity index (χ2n) is 6.97. The Morgan fingerprint density at radius 2 is 1.96 bits per heavy atom. The van der Waals surface area contributed by atoms with E-state index in [-0.39, 0.29) is 18.1 Å². The van der Waals surface area contributed by atoms with Crippen molar-refractivity contribution >= 4 is 5.91 Å². The molecule has 7 nitrogen and oxygen atoms in total. The van der Waals surface area contributed by atoms with E-state index in [0.717, 1.165) is 18.5 Å². The van der Waals surface area contributed by atoms with Gasteiger partial charge < -0.3 is 24.5 Å². The minimum atomic E-state index is -0.590. The van der Waals surface area contributed by atoms with Crippen LogP contribution in [0.25, 0.3) is 0 Å². The lowest BCUT2D eigenvalue weighted by Crippen LogP contribution is -2.28. The van der Waals surface area contributed by atoms with Crippen LogP contribution >= 0.6 is 0 Å². The molecular weight excluding hydrogens is 360 g/mol. The van der Waals surface area contributed by atoms with Gasteiger partial charge >= 0.3 is 0 Å². The third-order valence-corrected chi connectivity index (χ3v) is 4.40. The van der Waals surface area contributed by atoms with E-state index in [1.165, 1.54) is 6.07 Å². The number of hydrogen-bond donors (Lipinski definition) is 2. The van der Waals surface area contributed by atoms with Gasteiger partial charge in [-0.15, -0.1) is 0 Å². The van der Waals surface area contributed by atoms with Gasteiger partial charge in [0.2, 0.25) is 17.1 Å². The summed E-state index contributed by atoms with van der Waals surface area (Å²) >= 11 is 0. The van der Waals surface area contributed by atoms with Gasteiger partial charge in [0, 0.05) is 19.0 Å². The maximum absolute atomic E-state index is 12.5. The van der Waals surface area contributed by atoms with Gasteiger partial charge in [0.15, 0.2) is 5.76 Å². The zero-order valence-corrected chi connectivity index (χ0v) is 16.8. The highest BCUT2D eigenvalue weighted by Crippen LogP contribution is 2.33. The summed E-state index contributed by atoms with van der Waals surface area (Å²) in [4.78, 5) is 26.6. The molecule has 0 saturated carbocycles. The highest BCUT2D eigenvalue weighted by atomic mass is 16.5. The topological polar surface area (TPSA) is 92.0 Å². The van der Waals surface area contributed by atoms with Gasteiger partial charge in [0.1, 0.15) is 11.5 Å². The number of ether oxygens (including phenoxy) is 1. The molecule has 0 bridgehead atoms. The van der Waals surface area contributed by atoms with E-state index < -0.39 is 17.1 Å². The molecule has 2 N–H and O–H groups in total. The van der Waals surface area contributed by atoms with Gasteiger partial charge in [-0.2, -0.15) is 0 Å². The largest absolute Gasteiger partial charge is 0.502 e.